The van der Waals surface area contributed by atoms with Gasteiger partial charge in [-0.1, -0.05) is 20.8 Å². The first kappa shape index (κ1) is 17.1. The molecule has 0 radical (unpaired) electrons. The van der Waals surface area contributed by atoms with Crippen molar-refractivity contribution in [1.29, 1.82) is 5.26 Å². The van der Waals surface area contributed by atoms with Crippen molar-refractivity contribution in [2.45, 2.75) is 45.8 Å². The Morgan fingerprint density at radius 3 is 2.54 bits per heavy atom. The fourth-order valence-electron chi connectivity index (χ4n) is 4.64. The Morgan fingerprint density at radius 1 is 1.17 bits per heavy atom. The summed E-state index contributed by atoms with van der Waals surface area (Å²) in [7, 11) is 0. The van der Waals surface area contributed by atoms with E-state index in [1.54, 1.807) is 12.1 Å². The minimum absolute atomic E-state index is 0.0289. The van der Waals surface area contributed by atoms with Gasteiger partial charge < -0.3 is 20.5 Å². The van der Waals surface area contributed by atoms with E-state index < -0.39 is 5.79 Å². The van der Waals surface area contributed by atoms with E-state index in [-0.39, 0.29) is 10.8 Å². The fraction of sp³-hybridized carbons (Fsp3) is 0.632. The molecule has 1 heterocycles. The normalized spacial score (nSPS) is 27.8. The van der Waals surface area contributed by atoms with Gasteiger partial charge in [0.1, 0.15) is 0 Å². The van der Waals surface area contributed by atoms with Gasteiger partial charge in [-0.3, -0.25) is 0 Å². The third kappa shape index (κ3) is 3.50. The van der Waals surface area contributed by atoms with Crippen molar-refractivity contribution >= 4 is 11.4 Å². The SMILES string of the molecule is CC1(C)CC2(C[C@](C)(CNc3cc(C#N)ccc3N)C1)OCCO2. The molecule has 5 heteroatoms. The highest BCUT2D eigenvalue weighted by atomic mass is 16.7. The van der Waals surface area contributed by atoms with Crippen LogP contribution in [0.1, 0.15) is 45.6 Å². The molecule has 130 valence electrons. The molecule has 1 atom stereocenters. The lowest BCUT2D eigenvalue weighted by atomic mass is 9.62. The molecule has 1 aromatic carbocycles. The largest absolute Gasteiger partial charge is 0.397 e. The molecule has 0 aromatic heterocycles. The van der Waals surface area contributed by atoms with Gasteiger partial charge in [-0.2, -0.15) is 5.26 Å². The Kier molecular flexibility index (Phi) is 4.23. The smallest absolute Gasteiger partial charge is 0.169 e. The Bertz CT molecular complexity index is 659. The second kappa shape index (κ2) is 5.94. The Hall–Kier alpha value is -1.77. The van der Waals surface area contributed by atoms with Crippen LogP contribution < -0.4 is 11.1 Å². The van der Waals surface area contributed by atoms with Gasteiger partial charge in [0.25, 0.3) is 0 Å². The first-order chi connectivity index (χ1) is 11.2. The maximum atomic E-state index is 9.08. The summed E-state index contributed by atoms with van der Waals surface area (Å²) < 4.78 is 12.0. The van der Waals surface area contributed by atoms with Crippen LogP contribution in [0.5, 0.6) is 0 Å². The summed E-state index contributed by atoms with van der Waals surface area (Å²) in [5.41, 5.74) is 8.33. The predicted molar refractivity (Wildman–Crippen MR) is 94.4 cm³/mol. The van der Waals surface area contributed by atoms with Gasteiger partial charge in [0.05, 0.1) is 36.2 Å². The highest BCUT2D eigenvalue weighted by molar-refractivity contribution is 5.68. The molecular formula is C19H27N3O2. The molecule has 1 aromatic rings. The lowest BCUT2D eigenvalue weighted by molar-refractivity contribution is -0.222. The third-order valence-corrected chi connectivity index (χ3v) is 5.05. The van der Waals surface area contributed by atoms with Crippen molar-refractivity contribution in [3.8, 4) is 6.07 Å². The lowest BCUT2D eigenvalue weighted by Crippen LogP contribution is -2.50. The van der Waals surface area contributed by atoms with Crippen molar-refractivity contribution < 1.29 is 9.47 Å². The van der Waals surface area contributed by atoms with Gasteiger partial charge in [-0.25, -0.2) is 0 Å². The molecule has 3 rings (SSSR count). The molecule has 5 nitrogen and oxygen atoms in total. The van der Waals surface area contributed by atoms with Crippen molar-refractivity contribution in [1.82, 2.24) is 0 Å². The van der Waals surface area contributed by atoms with Crippen molar-refractivity contribution in [2.75, 3.05) is 30.8 Å². The van der Waals surface area contributed by atoms with Gasteiger partial charge in [-0.05, 0) is 35.4 Å². The van der Waals surface area contributed by atoms with Crippen LogP contribution in [0, 0.1) is 22.2 Å². The van der Waals surface area contributed by atoms with Crippen molar-refractivity contribution in [3.63, 3.8) is 0 Å². The topological polar surface area (TPSA) is 80.3 Å². The maximum absolute atomic E-state index is 9.08. The number of nitrogens with zero attached hydrogens (tertiary/aromatic N) is 1. The van der Waals surface area contributed by atoms with Crippen LogP contribution >= 0.6 is 0 Å². The molecule has 1 aliphatic carbocycles. The highest BCUT2D eigenvalue weighted by Gasteiger charge is 2.52. The average Bonchev–Trinajstić information content (AvgIpc) is 2.91. The minimum atomic E-state index is -0.446. The number of nitriles is 1. The van der Waals surface area contributed by atoms with Crippen LogP contribution in [0.15, 0.2) is 18.2 Å². The van der Waals surface area contributed by atoms with Crippen molar-refractivity contribution in [3.05, 3.63) is 23.8 Å². The Labute approximate surface area is 144 Å². The van der Waals surface area contributed by atoms with E-state index in [0.29, 0.717) is 24.5 Å². The van der Waals surface area contributed by atoms with Gasteiger partial charge in [0, 0.05) is 19.4 Å². The molecule has 1 saturated heterocycles. The quantitative estimate of drug-likeness (QED) is 0.830. The van der Waals surface area contributed by atoms with E-state index in [1.165, 1.54) is 0 Å². The number of rotatable bonds is 3. The summed E-state index contributed by atoms with van der Waals surface area (Å²) in [5, 5.41) is 12.5. The number of hydrogen-bond acceptors (Lipinski definition) is 5. The summed E-state index contributed by atoms with van der Waals surface area (Å²) in [4.78, 5) is 0. The molecule has 1 spiro atoms. The second-order valence-electron chi connectivity index (χ2n) is 8.38. The third-order valence-electron chi connectivity index (χ3n) is 5.05. The number of nitrogen functional groups attached to an aromatic ring is 1. The minimum Gasteiger partial charge on any atom is -0.397 e. The molecule has 1 saturated carbocycles. The van der Waals surface area contributed by atoms with Crippen LogP contribution in [0.2, 0.25) is 0 Å². The standard InChI is InChI=1S/C19H27N3O2/c1-17(2)10-18(3,12-19(11-17)23-6-7-24-19)13-22-16-8-14(9-20)4-5-15(16)21/h4-5,8,22H,6-7,10-13,21H2,1-3H3/t18-/m1/s1. The molecular weight excluding hydrogens is 302 g/mol. The number of nitrogens with two attached hydrogens (primary N) is 1. The van der Waals surface area contributed by atoms with Gasteiger partial charge in [0.2, 0.25) is 0 Å². The predicted octanol–water partition coefficient (Wildman–Crippen LogP) is 3.51. The molecule has 2 fully saturated rings. The zero-order valence-electron chi connectivity index (χ0n) is 14.8. The number of benzene rings is 1. The van der Waals surface area contributed by atoms with Gasteiger partial charge in [-0.15, -0.1) is 0 Å². The highest BCUT2D eigenvalue weighted by Crippen LogP contribution is 2.53. The number of hydrogen-bond donors (Lipinski definition) is 2. The molecule has 1 aliphatic heterocycles. The van der Waals surface area contributed by atoms with E-state index in [1.807, 2.05) is 6.07 Å². The average molecular weight is 329 g/mol. The summed E-state index contributed by atoms with van der Waals surface area (Å²) >= 11 is 0. The van der Waals surface area contributed by atoms with Crippen molar-refractivity contribution in [2.24, 2.45) is 10.8 Å². The summed E-state index contributed by atoms with van der Waals surface area (Å²) in [6, 6.07) is 7.48. The van der Waals surface area contributed by atoms with Crippen LogP contribution in [-0.2, 0) is 9.47 Å². The maximum Gasteiger partial charge on any atom is 0.169 e. The molecule has 24 heavy (non-hydrogen) atoms. The van der Waals surface area contributed by atoms with E-state index in [0.717, 1.165) is 31.5 Å². The second-order valence-corrected chi connectivity index (χ2v) is 8.38. The van der Waals surface area contributed by atoms with E-state index >= 15 is 0 Å². The molecule has 2 aliphatic rings. The number of anilines is 2. The Morgan fingerprint density at radius 2 is 1.88 bits per heavy atom. The zero-order valence-corrected chi connectivity index (χ0v) is 14.8. The van der Waals surface area contributed by atoms with E-state index in [2.05, 4.69) is 32.2 Å². The van der Waals surface area contributed by atoms with Crippen LogP contribution in [0.25, 0.3) is 0 Å². The molecule has 3 N–H and O–H groups in total. The van der Waals surface area contributed by atoms with Crippen LogP contribution in [-0.4, -0.2) is 25.5 Å². The monoisotopic (exact) mass is 329 g/mol. The van der Waals surface area contributed by atoms with Crippen LogP contribution in [0.3, 0.4) is 0 Å². The summed E-state index contributed by atoms with van der Waals surface area (Å²) in [6.07, 6.45) is 2.88. The van der Waals surface area contributed by atoms with E-state index in [4.69, 9.17) is 20.5 Å². The first-order valence-corrected chi connectivity index (χ1v) is 8.56. The fourth-order valence-corrected chi connectivity index (χ4v) is 4.64. The lowest BCUT2D eigenvalue weighted by Gasteiger charge is -2.50. The number of nitrogens with one attached hydrogen (secondary N) is 1. The summed E-state index contributed by atoms with van der Waals surface area (Å²) in [6.45, 7) is 8.96. The van der Waals surface area contributed by atoms with Crippen LogP contribution in [0.4, 0.5) is 11.4 Å². The van der Waals surface area contributed by atoms with E-state index in [9.17, 15) is 0 Å². The first-order valence-electron chi connectivity index (χ1n) is 8.56. The Balaban J connectivity index is 1.77. The van der Waals surface area contributed by atoms with Gasteiger partial charge in [0.15, 0.2) is 5.79 Å². The molecule has 0 bridgehead atoms. The number of ether oxygens (including phenoxy) is 2. The molecule has 0 amide bonds. The zero-order chi connectivity index (χ0) is 17.4. The molecule has 0 unspecified atom stereocenters. The van der Waals surface area contributed by atoms with Gasteiger partial charge >= 0.3 is 0 Å². The summed E-state index contributed by atoms with van der Waals surface area (Å²) in [5.74, 6) is -0.446.